The monoisotopic (exact) mass is 403 g/mol. The van der Waals surface area contributed by atoms with Crippen molar-refractivity contribution in [1.82, 2.24) is 15.4 Å². The molecule has 1 spiro atoms. The molecule has 1 aliphatic carbocycles. The molecule has 1 saturated heterocycles. The van der Waals surface area contributed by atoms with E-state index in [2.05, 4.69) is 15.4 Å². The van der Waals surface area contributed by atoms with Gasteiger partial charge in [-0.05, 0) is 56.3 Å². The van der Waals surface area contributed by atoms with E-state index in [0.717, 1.165) is 50.2 Å². The van der Waals surface area contributed by atoms with E-state index in [-0.39, 0.29) is 24.2 Å². The van der Waals surface area contributed by atoms with Gasteiger partial charge in [-0.15, -0.1) is 0 Å². The van der Waals surface area contributed by atoms with Crippen LogP contribution >= 0.6 is 11.6 Å². The minimum atomic E-state index is -0.145. The summed E-state index contributed by atoms with van der Waals surface area (Å²) in [6.07, 6.45) is 3.17. The predicted octanol–water partition coefficient (Wildman–Crippen LogP) is 3.15. The molecule has 2 fully saturated rings. The molecule has 28 heavy (non-hydrogen) atoms. The van der Waals surface area contributed by atoms with E-state index >= 15 is 0 Å². The van der Waals surface area contributed by atoms with Crippen molar-refractivity contribution < 1.29 is 18.8 Å². The lowest BCUT2D eigenvalue weighted by atomic mass is 9.92. The van der Waals surface area contributed by atoms with Crippen LogP contribution in [0.2, 0.25) is 5.02 Å². The second-order valence-electron chi connectivity index (χ2n) is 7.99. The van der Waals surface area contributed by atoms with Crippen molar-refractivity contribution in [3.8, 4) is 11.5 Å². The Balaban J connectivity index is 1.16. The summed E-state index contributed by atoms with van der Waals surface area (Å²) >= 11 is 6.41. The first kappa shape index (κ1) is 17.8. The number of piperidine rings is 1. The standard InChI is InChI=1S/C20H22ClN3O4/c1-12-6-15(23-28-12)19(25)22-18-9-20(18)2-4-24(5-3-20)10-13-7-16-17(8-14(13)21)27-11-26-16/h6-8,18H,2-5,9-11H2,1H3,(H,22,25). The van der Waals surface area contributed by atoms with E-state index in [1.807, 2.05) is 12.1 Å². The fourth-order valence-electron chi connectivity index (χ4n) is 4.29. The highest BCUT2D eigenvalue weighted by molar-refractivity contribution is 6.31. The average molecular weight is 404 g/mol. The highest BCUT2D eigenvalue weighted by Gasteiger charge is 2.55. The predicted molar refractivity (Wildman–Crippen MR) is 102 cm³/mol. The Kier molecular flexibility index (Phi) is 4.25. The molecular formula is C20H22ClN3O4. The van der Waals surface area contributed by atoms with Crippen molar-refractivity contribution in [2.75, 3.05) is 19.9 Å². The maximum atomic E-state index is 12.3. The molecule has 0 bridgehead atoms. The minimum Gasteiger partial charge on any atom is -0.454 e. The lowest BCUT2D eigenvalue weighted by Crippen LogP contribution is -2.38. The number of aromatic nitrogens is 1. The van der Waals surface area contributed by atoms with Gasteiger partial charge in [-0.3, -0.25) is 9.69 Å². The summed E-state index contributed by atoms with van der Waals surface area (Å²) in [4.78, 5) is 14.7. The van der Waals surface area contributed by atoms with Crippen LogP contribution in [-0.2, 0) is 6.54 Å². The highest BCUT2D eigenvalue weighted by Crippen LogP contribution is 2.54. The largest absolute Gasteiger partial charge is 0.454 e. The van der Waals surface area contributed by atoms with Gasteiger partial charge in [-0.1, -0.05) is 16.8 Å². The quantitative estimate of drug-likeness (QED) is 0.845. The van der Waals surface area contributed by atoms with Gasteiger partial charge in [0.25, 0.3) is 5.91 Å². The van der Waals surface area contributed by atoms with Crippen LogP contribution in [0.25, 0.3) is 0 Å². The Morgan fingerprint density at radius 3 is 2.75 bits per heavy atom. The van der Waals surface area contributed by atoms with Gasteiger partial charge < -0.3 is 19.3 Å². The van der Waals surface area contributed by atoms with Crippen molar-refractivity contribution in [3.05, 3.63) is 40.2 Å². The molecule has 1 aromatic carbocycles. The SMILES string of the molecule is Cc1cc(C(=O)NC2CC23CCN(Cc2cc4c(cc2Cl)OCO4)CC3)no1. The van der Waals surface area contributed by atoms with Crippen LogP contribution in [0.5, 0.6) is 11.5 Å². The first-order valence-electron chi connectivity index (χ1n) is 9.57. The lowest BCUT2D eigenvalue weighted by Gasteiger charge is -2.33. The number of carbonyl (C=O) groups is 1. The number of likely N-dealkylation sites (tertiary alicyclic amines) is 1. The van der Waals surface area contributed by atoms with Crippen LogP contribution in [0.3, 0.4) is 0 Å². The molecule has 1 saturated carbocycles. The summed E-state index contributed by atoms with van der Waals surface area (Å²) in [6, 6.07) is 5.72. The number of carbonyl (C=O) groups excluding carboxylic acids is 1. The normalized spacial score (nSPS) is 22.4. The van der Waals surface area contributed by atoms with Crippen molar-refractivity contribution in [1.29, 1.82) is 0 Å². The molecule has 8 heteroatoms. The number of hydrogen-bond donors (Lipinski definition) is 1. The number of ether oxygens (including phenoxy) is 2. The number of aryl methyl sites for hydroxylation is 1. The molecule has 2 aliphatic heterocycles. The number of nitrogens with zero attached hydrogens (tertiary/aromatic N) is 2. The lowest BCUT2D eigenvalue weighted by molar-refractivity contribution is 0.0925. The molecular weight excluding hydrogens is 382 g/mol. The van der Waals surface area contributed by atoms with Gasteiger partial charge in [-0.25, -0.2) is 0 Å². The number of amides is 1. The number of nitrogens with one attached hydrogen (secondary N) is 1. The maximum absolute atomic E-state index is 12.3. The Hall–Kier alpha value is -2.25. The van der Waals surface area contributed by atoms with E-state index in [4.69, 9.17) is 25.6 Å². The summed E-state index contributed by atoms with van der Waals surface area (Å²) < 4.78 is 15.8. The molecule has 1 unspecified atom stereocenters. The van der Waals surface area contributed by atoms with Gasteiger partial charge in [-0.2, -0.15) is 0 Å². The van der Waals surface area contributed by atoms with Gasteiger partial charge in [0.15, 0.2) is 17.2 Å². The zero-order valence-corrected chi connectivity index (χ0v) is 16.4. The molecule has 0 radical (unpaired) electrons. The molecule has 1 amide bonds. The van der Waals surface area contributed by atoms with Gasteiger partial charge >= 0.3 is 0 Å². The van der Waals surface area contributed by atoms with Crippen molar-refractivity contribution in [3.63, 3.8) is 0 Å². The fraction of sp³-hybridized carbons (Fsp3) is 0.500. The van der Waals surface area contributed by atoms with Crippen LogP contribution in [-0.4, -0.2) is 41.9 Å². The number of hydrogen-bond acceptors (Lipinski definition) is 6. The first-order valence-corrected chi connectivity index (χ1v) is 9.95. The highest BCUT2D eigenvalue weighted by atomic mass is 35.5. The molecule has 1 atom stereocenters. The summed E-state index contributed by atoms with van der Waals surface area (Å²) in [6.45, 7) is 4.80. The second kappa shape index (κ2) is 6.67. The van der Waals surface area contributed by atoms with Gasteiger partial charge in [0.2, 0.25) is 6.79 Å². The van der Waals surface area contributed by atoms with E-state index in [9.17, 15) is 4.79 Å². The average Bonchev–Trinajstić information content (AvgIpc) is 3.02. The zero-order chi connectivity index (χ0) is 19.3. The molecule has 148 valence electrons. The zero-order valence-electron chi connectivity index (χ0n) is 15.7. The third kappa shape index (κ3) is 3.22. The van der Waals surface area contributed by atoms with Crippen LogP contribution in [0.4, 0.5) is 0 Å². The first-order chi connectivity index (χ1) is 13.5. The van der Waals surface area contributed by atoms with Crippen molar-refractivity contribution in [2.45, 2.75) is 38.8 Å². The minimum absolute atomic E-state index is 0.145. The number of benzene rings is 1. The topological polar surface area (TPSA) is 76.8 Å². The van der Waals surface area contributed by atoms with Crippen LogP contribution in [0, 0.1) is 12.3 Å². The smallest absolute Gasteiger partial charge is 0.273 e. The van der Waals surface area contributed by atoms with Crippen molar-refractivity contribution >= 4 is 17.5 Å². The molecule has 3 heterocycles. The number of rotatable bonds is 4. The van der Waals surface area contributed by atoms with E-state index in [0.29, 0.717) is 22.2 Å². The Morgan fingerprint density at radius 2 is 2.04 bits per heavy atom. The fourth-order valence-corrected chi connectivity index (χ4v) is 4.50. The van der Waals surface area contributed by atoms with Gasteiger partial charge in [0.05, 0.1) is 0 Å². The third-order valence-electron chi connectivity index (χ3n) is 6.14. The molecule has 1 aromatic heterocycles. The Bertz CT molecular complexity index is 920. The van der Waals surface area contributed by atoms with E-state index in [1.54, 1.807) is 13.0 Å². The Morgan fingerprint density at radius 1 is 1.29 bits per heavy atom. The summed E-state index contributed by atoms with van der Waals surface area (Å²) in [5, 5.41) is 7.62. The van der Waals surface area contributed by atoms with Gasteiger partial charge in [0, 0.05) is 29.7 Å². The van der Waals surface area contributed by atoms with E-state index in [1.165, 1.54) is 0 Å². The molecule has 3 aliphatic rings. The summed E-state index contributed by atoms with van der Waals surface area (Å²) in [5.74, 6) is 1.98. The third-order valence-corrected chi connectivity index (χ3v) is 6.49. The van der Waals surface area contributed by atoms with Crippen LogP contribution in [0.1, 0.15) is 41.1 Å². The Labute approximate surface area is 167 Å². The molecule has 7 nitrogen and oxygen atoms in total. The van der Waals surface area contributed by atoms with E-state index < -0.39 is 0 Å². The second-order valence-corrected chi connectivity index (χ2v) is 8.40. The summed E-state index contributed by atoms with van der Waals surface area (Å²) in [5.41, 5.74) is 1.64. The van der Waals surface area contributed by atoms with Crippen LogP contribution < -0.4 is 14.8 Å². The van der Waals surface area contributed by atoms with Gasteiger partial charge in [0.1, 0.15) is 5.76 Å². The molecule has 1 N–H and O–H groups in total. The maximum Gasteiger partial charge on any atom is 0.273 e. The molecule has 2 aromatic rings. The number of fused-ring (bicyclic) bond motifs is 1. The van der Waals surface area contributed by atoms with Crippen molar-refractivity contribution in [2.24, 2.45) is 5.41 Å². The molecule has 5 rings (SSSR count). The summed E-state index contributed by atoms with van der Waals surface area (Å²) in [7, 11) is 0. The van der Waals surface area contributed by atoms with Crippen LogP contribution in [0.15, 0.2) is 22.7 Å². The number of halogens is 1.